The minimum absolute atomic E-state index is 0.360. The van der Waals surface area contributed by atoms with E-state index in [-0.39, 0.29) is 0 Å². The number of allylic oxidation sites excluding steroid dienone is 1. The van der Waals surface area contributed by atoms with Crippen molar-refractivity contribution < 1.29 is 9.47 Å². The summed E-state index contributed by atoms with van der Waals surface area (Å²) < 4.78 is 12.1. The van der Waals surface area contributed by atoms with Crippen LogP contribution < -0.4 is 0 Å². The van der Waals surface area contributed by atoms with Crippen molar-refractivity contribution in [1.29, 1.82) is 0 Å². The Hall–Kier alpha value is -0.340. The van der Waals surface area contributed by atoms with Crippen LogP contribution in [-0.2, 0) is 9.47 Å². The molecule has 0 spiro atoms. The fourth-order valence-electron chi connectivity index (χ4n) is 4.05. The SMILES string of the molecule is CC1CCC(=CC2CCC(C3CCC(C)CO3)OC2)CC1. The maximum atomic E-state index is 6.16. The molecule has 2 heteroatoms. The molecule has 0 bridgehead atoms. The third kappa shape index (κ3) is 4.32. The van der Waals surface area contributed by atoms with Gasteiger partial charge < -0.3 is 9.47 Å². The summed E-state index contributed by atoms with van der Waals surface area (Å²) in [7, 11) is 0. The molecule has 3 fully saturated rings. The Kier molecular flexibility index (Phi) is 5.39. The first-order valence-electron chi connectivity index (χ1n) is 9.13. The van der Waals surface area contributed by atoms with Gasteiger partial charge in [-0.1, -0.05) is 25.5 Å². The van der Waals surface area contributed by atoms with Gasteiger partial charge in [-0.05, 0) is 63.2 Å². The second-order valence-electron chi connectivity index (χ2n) is 7.77. The molecule has 0 aromatic heterocycles. The van der Waals surface area contributed by atoms with Crippen molar-refractivity contribution in [3.8, 4) is 0 Å². The summed E-state index contributed by atoms with van der Waals surface area (Å²) in [4.78, 5) is 0. The molecule has 2 nitrogen and oxygen atoms in total. The highest BCUT2D eigenvalue weighted by molar-refractivity contribution is 5.08. The molecule has 4 unspecified atom stereocenters. The Bertz CT molecular complexity index is 337. The van der Waals surface area contributed by atoms with Crippen LogP contribution >= 0.6 is 0 Å². The second-order valence-corrected chi connectivity index (χ2v) is 7.77. The second kappa shape index (κ2) is 7.28. The molecule has 0 aromatic rings. The van der Waals surface area contributed by atoms with Crippen LogP contribution in [0.15, 0.2) is 11.6 Å². The van der Waals surface area contributed by atoms with Crippen molar-refractivity contribution in [2.24, 2.45) is 17.8 Å². The molecule has 1 saturated carbocycles. The zero-order chi connectivity index (χ0) is 14.7. The van der Waals surface area contributed by atoms with E-state index in [2.05, 4.69) is 19.9 Å². The van der Waals surface area contributed by atoms with E-state index >= 15 is 0 Å². The predicted molar refractivity (Wildman–Crippen MR) is 86.3 cm³/mol. The fourth-order valence-corrected chi connectivity index (χ4v) is 4.05. The zero-order valence-electron chi connectivity index (χ0n) is 13.9. The molecule has 2 heterocycles. The fraction of sp³-hybridized carbons (Fsp3) is 0.895. The van der Waals surface area contributed by atoms with Gasteiger partial charge in [-0.25, -0.2) is 0 Å². The summed E-state index contributed by atoms with van der Waals surface area (Å²) in [5, 5.41) is 0. The summed E-state index contributed by atoms with van der Waals surface area (Å²) in [5.41, 5.74) is 1.70. The first kappa shape index (κ1) is 15.6. The Morgan fingerprint density at radius 3 is 2.00 bits per heavy atom. The molecule has 21 heavy (non-hydrogen) atoms. The normalized spacial score (nSPS) is 41.8. The lowest BCUT2D eigenvalue weighted by Crippen LogP contribution is -2.40. The topological polar surface area (TPSA) is 18.5 Å². The van der Waals surface area contributed by atoms with Crippen LogP contribution in [0.25, 0.3) is 0 Å². The standard InChI is InChI=1S/C19H32O2/c1-14-3-6-16(7-4-14)11-17-8-10-19(21-13-17)18-9-5-15(2)12-20-18/h11,14-15,17-19H,3-10,12-13H2,1-2H3. The summed E-state index contributed by atoms with van der Waals surface area (Å²) in [6.07, 6.45) is 13.7. The van der Waals surface area contributed by atoms with Gasteiger partial charge in [-0.3, -0.25) is 0 Å². The average Bonchev–Trinajstić information content (AvgIpc) is 2.51. The van der Waals surface area contributed by atoms with Gasteiger partial charge in [0.05, 0.1) is 18.8 Å². The van der Waals surface area contributed by atoms with E-state index in [0.29, 0.717) is 18.1 Å². The molecular formula is C19H32O2. The van der Waals surface area contributed by atoms with Gasteiger partial charge >= 0.3 is 0 Å². The average molecular weight is 292 g/mol. The van der Waals surface area contributed by atoms with Crippen LogP contribution in [0.3, 0.4) is 0 Å². The van der Waals surface area contributed by atoms with Crippen LogP contribution in [-0.4, -0.2) is 25.4 Å². The lowest BCUT2D eigenvalue weighted by atomic mass is 9.84. The van der Waals surface area contributed by atoms with E-state index in [9.17, 15) is 0 Å². The largest absolute Gasteiger partial charge is 0.375 e. The number of hydrogen-bond donors (Lipinski definition) is 0. The third-order valence-electron chi connectivity index (χ3n) is 5.69. The van der Waals surface area contributed by atoms with E-state index in [4.69, 9.17) is 9.47 Å². The van der Waals surface area contributed by atoms with Crippen molar-refractivity contribution in [3.05, 3.63) is 11.6 Å². The van der Waals surface area contributed by atoms with E-state index in [1.807, 2.05) is 0 Å². The van der Waals surface area contributed by atoms with Crippen molar-refractivity contribution in [2.75, 3.05) is 13.2 Å². The number of rotatable bonds is 2. The Morgan fingerprint density at radius 2 is 1.43 bits per heavy atom. The van der Waals surface area contributed by atoms with Crippen LogP contribution in [0.2, 0.25) is 0 Å². The van der Waals surface area contributed by atoms with Gasteiger partial charge in [0.15, 0.2) is 0 Å². The molecule has 3 aliphatic rings. The van der Waals surface area contributed by atoms with Gasteiger partial charge in [0.1, 0.15) is 0 Å². The van der Waals surface area contributed by atoms with E-state index in [1.165, 1.54) is 51.4 Å². The van der Waals surface area contributed by atoms with Crippen molar-refractivity contribution >= 4 is 0 Å². The summed E-state index contributed by atoms with van der Waals surface area (Å²) >= 11 is 0. The van der Waals surface area contributed by atoms with E-state index in [1.54, 1.807) is 5.57 Å². The number of hydrogen-bond acceptors (Lipinski definition) is 2. The van der Waals surface area contributed by atoms with E-state index < -0.39 is 0 Å². The molecule has 0 aromatic carbocycles. The minimum Gasteiger partial charge on any atom is -0.375 e. The molecule has 1 aliphatic carbocycles. The van der Waals surface area contributed by atoms with Gasteiger partial charge in [0.25, 0.3) is 0 Å². The van der Waals surface area contributed by atoms with E-state index in [0.717, 1.165) is 25.0 Å². The van der Waals surface area contributed by atoms with Crippen LogP contribution in [0.5, 0.6) is 0 Å². The smallest absolute Gasteiger partial charge is 0.0837 e. The quantitative estimate of drug-likeness (QED) is 0.685. The molecule has 120 valence electrons. The Balaban J connectivity index is 1.43. The van der Waals surface area contributed by atoms with Crippen LogP contribution in [0, 0.1) is 17.8 Å². The first-order valence-corrected chi connectivity index (χ1v) is 9.13. The number of ether oxygens (including phenoxy) is 2. The van der Waals surface area contributed by atoms with Gasteiger partial charge in [0.2, 0.25) is 0 Å². The molecule has 0 N–H and O–H groups in total. The van der Waals surface area contributed by atoms with Crippen molar-refractivity contribution in [2.45, 2.75) is 77.4 Å². The highest BCUT2D eigenvalue weighted by Gasteiger charge is 2.31. The molecule has 0 radical (unpaired) electrons. The summed E-state index contributed by atoms with van der Waals surface area (Å²) in [6.45, 7) is 6.51. The Labute approximate surface area is 130 Å². The molecule has 3 rings (SSSR count). The summed E-state index contributed by atoms with van der Waals surface area (Å²) in [6, 6.07) is 0. The summed E-state index contributed by atoms with van der Waals surface area (Å²) in [5.74, 6) is 2.32. The maximum absolute atomic E-state index is 6.16. The lowest BCUT2D eigenvalue weighted by molar-refractivity contribution is -0.125. The van der Waals surface area contributed by atoms with Crippen molar-refractivity contribution in [1.82, 2.24) is 0 Å². The van der Waals surface area contributed by atoms with Crippen molar-refractivity contribution in [3.63, 3.8) is 0 Å². The molecule has 2 saturated heterocycles. The van der Waals surface area contributed by atoms with Gasteiger partial charge in [-0.15, -0.1) is 0 Å². The zero-order valence-corrected chi connectivity index (χ0v) is 13.9. The molecule has 4 atom stereocenters. The molecule has 2 aliphatic heterocycles. The highest BCUT2D eigenvalue weighted by Crippen LogP contribution is 2.32. The maximum Gasteiger partial charge on any atom is 0.0837 e. The van der Waals surface area contributed by atoms with Gasteiger partial charge in [0, 0.05) is 12.5 Å². The first-order chi connectivity index (χ1) is 10.2. The molecular weight excluding hydrogens is 260 g/mol. The Morgan fingerprint density at radius 1 is 0.762 bits per heavy atom. The predicted octanol–water partition coefficient (Wildman–Crippen LogP) is 4.73. The lowest BCUT2D eigenvalue weighted by Gasteiger charge is -2.37. The van der Waals surface area contributed by atoms with Crippen LogP contribution in [0.4, 0.5) is 0 Å². The molecule has 0 amide bonds. The van der Waals surface area contributed by atoms with Gasteiger partial charge in [-0.2, -0.15) is 0 Å². The third-order valence-corrected chi connectivity index (χ3v) is 5.69. The van der Waals surface area contributed by atoms with Crippen LogP contribution in [0.1, 0.15) is 65.2 Å². The monoisotopic (exact) mass is 292 g/mol. The highest BCUT2D eigenvalue weighted by atomic mass is 16.5. The minimum atomic E-state index is 0.360.